The molecule has 0 saturated heterocycles. The van der Waals surface area contributed by atoms with Gasteiger partial charge in [-0.05, 0) is 17.2 Å². The quantitative estimate of drug-likeness (QED) is 0.780. The summed E-state index contributed by atoms with van der Waals surface area (Å²) in [5, 5.41) is 3.25. The van der Waals surface area contributed by atoms with Gasteiger partial charge in [-0.3, -0.25) is 4.98 Å². The van der Waals surface area contributed by atoms with Gasteiger partial charge in [0.05, 0.1) is 0 Å². The molecule has 0 fully saturated rings. The van der Waals surface area contributed by atoms with E-state index in [0.717, 1.165) is 13.1 Å². The van der Waals surface area contributed by atoms with Crippen LogP contribution in [0.5, 0.6) is 0 Å². The van der Waals surface area contributed by atoms with E-state index in [0.29, 0.717) is 0 Å². The molecule has 2 rings (SSSR count). The Bertz CT molecular complexity index is 272. The minimum Gasteiger partial charge on any atom is -0.309 e. The maximum absolute atomic E-state index is 4.06. The standard InChI is InChI=1S/C9H10N2.2ClH/c1-2-8(6-10-4-1)9-3-5-11-7-9;;/h1-4,6,11H,5,7H2;2*1H. The average molecular weight is 219 g/mol. The first-order chi connectivity index (χ1) is 5.47. The number of nitrogens with one attached hydrogen (secondary N) is 1. The van der Waals surface area contributed by atoms with E-state index in [1.165, 1.54) is 11.1 Å². The molecule has 0 aromatic carbocycles. The number of rotatable bonds is 1. The van der Waals surface area contributed by atoms with E-state index in [-0.39, 0.29) is 24.8 Å². The van der Waals surface area contributed by atoms with Crippen molar-refractivity contribution in [3.63, 3.8) is 0 Å². The van der Waals surface area contributed by atoms with Crippen molar-refractivity contribution in [3.05, 3.63) is 36.2 Å². The van der Waals surface area contributed by atoms with E-state index in [1.807, 2.05) is 12.3 Å². The van der Waals surface area contributed by atoms with Crippen LogP contribution in [0.4, 0.5) is 0 Å². The van der Waals surface area contributed by atoms with Crippen LogP contribution in [-0.2, 0) is 0 Å². The number of aromatic nitrogens is 1. The zero-order valence-electron chi connectivity index (χ0n) is 7.06. The lowest BCUT2D eigenvalue weighted by Gasteiger charge is -1.98. The highest BCUT2D eigenvalue weighted by Gasteiger charge is 2.04. The van der Waals surface area contributed by atoms with Crippen LogP contribution in [0.3, 0.4) is 0 Å². The first-order valence-corrected chi connectivity index (χ1v) is 3.77. The molecule has 0 aliphatic carbocycles. The summed E-state index contributed by atoms with van der Waals surface area (Å²) in [7, 11) is 0. The zero-order valence-corrected chi connectivity index (χ0v) is 8.70. The average Bonchev–Trinajstić information content (AvgIpc) is 2.58. The summed E-state index contributed by atoms with van der Waals surface area (Å²) in [5.41, 5.74) is 2.59. The van der Waals surface area contributed by atoms with Crippen molar-refractivity contribution in [2.45, 2.75) is 0 Å². The summed E-state index contributed by atoms with van der Waals surface area (Å²) in [4.78, 5) is 4.06. The number of hydrogen-bond donors (Lipinski definition) is 1. The number of hydrogen-bond acceptors (Lipinski definition) is 2. The molecule has 1 aromatic rings. The fourth-order valence-electron chi connectivity index (χ4n) is 1.25. The molecule has 0 unspecified atom stereocenters. The summed E-state index contributed by atoms with van der Waals surface area (Å²) < 4.78 is 0. The Morgan fingerprint density at radius 2 is 2.15 bits per heavy atom. The highest BCUT2D eigenvalue weighted by Crippen LogP contribution is 2.13. The molecule has 1 aliphatic rings. The molecule has 1 aliphatic heterocycles. The minimum atomic E-state index is 0. The first-order valence-electron chi connectivity index (χ1n) is 3.77. The van der Waals surface area contributed by atoms with Gasteiger partial charge in [-0.2, -0.15) is 0 Å². The van der Waals surface area contributed by atoms with Gasteiger partial charge in [0.15, 0.2) is 0 Å². The van der Waals surface area contributed by atoms with Crippen LogP contribution in [0.2, 0.25) is 0 Å². The van der Waals surface area contributed by atoms with Gasteiger partial charge >= 0.3 is 0 Å². The van der Waals surface area contributed by atoms with Crippen molar-refractivity contribution >= 4 is 30.4 Å². The van der Waals surface area contributed by atoms with Gasteiger partial charge in [-0.25, -0.2) is 0 Å². The van der Waals surface area contributed by atoms with Crippen molar-refractivity contribution in [1.29, 1.82) is 0 Å². The molecule has 0 saturated carbocycles. The highest BCUT2D eigenvalue weighted by molar-refractivity contribution is 5.85. The van der Waals surface area contributed by atoms with Gasteiger partial charge in [0, 0.05) is 25.5 Å². The summed E-state index contributed by atoms with van der Waals surface area (Å²) >= 11 is 0. The second-order valence-electron chi connectivity index (χ2n) is 2.60. The molecule has 4 heteroatoms. The Labute approximate surface area is 90.3 Å². The number of halogens is 2. The predicted molar refractivity (Wildman–Crippen MR) is 59.6 cm³/mol. The molecule has 0 radical (unpaired) electrons. The predicted octanol–water partition coefficient (Wildman–Crippen LogP) is 1.91. The lowest BCUT2D eigenvalue weighted by atomic mass is 10.1. The maximum atomic E-state index is 4.06. The van der Waals surface area contributed by atoms with Crippen molar-refractivity contribution in [3.8, 4) is 0 Å². The number of nitrogens with zero attached hydrogens (tertiary/aromatic N) is 1. The largest absolute Gasteiger partial charge is 0.309 e. The maximum Gasteiger partial charge on any atom is 0.0343 e. The molecule has 1 aromatic heterocycles. The smallest absolute Gasteiger partial charge is 0.0343 e. The van der Waals surface area contributed by atoms with Crippen LogP contribution >= 0.6 is 24.8 Å². The second-order valence-corrected chi connectivity index (χ2v) is 2.60. The normalized spacial score (nSPS) is 14.0. The summed E-state index contributed by atoms with van der Waals surface area (Å²) in [6, 6.07) is 4.06. The van der Waals surface area contributed by atoms with Crippen molar-refractivity contribution < 1.29 is 0 Å². The molecular formula is C9H12Cl2N2. The molecule has 0 spiro atoms. The molecule has 0 atom stereocenters. The molecular weight excluding hydrogens is 207 g/mol. The topological polar surface area (TPSA) is 24.9 Å². The van der Waals surface area contributed by atoms with Crippen LogP contribution in [0.15, 0.2) is 30.6 Å². The molecule has 0 bridgehead atoms. The van der Waals surface area contributed by atoms with E-state index in [4.69, 9.17) is 0 Å². The first kappa shape index (κ1) is 12.4. The fourth-order valence-corrected chi connectivity index (χ4v) is 1.25. The highest BCUT2D eigenvalue weighted by atomic mass is 35.5. The summed E-state index contributed by atoms with van der Waals surface area (Å²) in [5.74, 6) is 0. The summed E-state index contributed by atoms with van der Waals surface area (Å²) in [6.07, 6.45) is 5.91. The lowest BCUT2D eigenvalue weighted by molar-refractivity contribution is 0.897. The number of pyridine rings is 1. The Hall–Kier alpha value is -0.570. The van der Waals surface area contributed by atoms with E-state index in [9.17, 15) is 0 Å². The monoisotopic (exact) mass is 218 g/mol. The third kappa shape index (κ3) is 2.99. The summed E-state index contributed by atoms with van der Waals surface area (Å²) in [6.45, 7) is 1.97. The lowest BCUT2D eigenvalue weighted by Crippen LogP contribution is -2.07. The van der Waals surface area contributed by atoms with Crippen LogP contribution < -0.4 is 5.32 Å². The third-order valence-electron chi connectivity index (χ3n) is 1.84. The van der Waals surface area contributed by atoms with Crippen molar-refractivity contribution in [2.75, 3.05) is 13.1 Å². The Morgan fingerprint density at radius 1 is 1.31 bits per heavy atom. The van der Waals surface area contributed by atoms with Gasteiger partial charge in [-0.15, -0.1) is 24.8 Å². The second kappa shape index (κ2) is 5.97. The van der Waals surface area contributed by atoms with Gasteiger partial charge in [0.25, 0.3) is 0 Å². The molecule has 1 N–H and O–H groups in total. The van der Waals surface area contributed by atoms with Crippen molar-refractivity contribution in [1.82, 2.24) is 10.3 Å². The van der Waals surface area contributed by atoms with E-state index in [2.05, 4.69) is 22.4 Å². The van der Waals surface area contributed by atoms with Crippen LogP contribution in [0.1, 0.15) is 5.56 Å². The van der Waals surface area contributed by atoms with Crippen LogP contribution in [-0.4, -0.2) is 18.1 Å². The van der Waals surface area contributed by atoms with E-state index < -0.39 is 0 Å². The van der Waals surface area contributed by atoms with Crippen LogP contribution in [0.25, 0.3) is 5.57 Å². The van der Waals surface area contributed by atoms with Gasteiger partial charge in [0.2, 0.25) is 0 Å². The van der Waals surface area contributed by atoms with Gasteiger partial charge in [0.1, 0.15) is 0 Å². The SMILES string of the molecule is C1=C(c2cccnc2)CNC1.Cl.Cl. The van der Waals surface area contributed by atoms with E-state index in [1.54, 1.807) is 6.20 Å². The van der Waals surface area contributed by atoms with Crippen molar-refractivity contribution in [2.24, 2.45) is 0 Å². The Morgan fingerprint density at radius 3 is 2.69 bits per heavy atom. The molecule has 2 nitrogen and oxygen atoms in total. The Balaban J connectivity index is 0.000000720. The van der Waals surface area contributed by atoms with Crippen LogP contribution in [0, 0.1) is 0 Å². The zero-order chi connectivity index (χ0) is 7.52. The fraction of sp³-hybridized carbons (Fsp3) is 0.222. The molecule has 13 heavy (non-hydrogen) atoms. The van der Waals surface area contributed by atoms with Gasteiger partial charge in [-0.1, -0.05) is 12.1 Å². The Kier molecular flexibility index (Phi) is 5.71. The molecule has 0 amide bonds. The third-order valence-corrected chi connectivity index (χ3v) is 1.84. The molecule has 2 heterocycles. The van der Waals surface area contributed by atoms with E-state index >= 15 is 0 Å². The minimum absolute atomic E-state index is 0. The molecule has 72 valence electrons. The van der Waals surface area contributed by atoms with Gasteiger partial charge < -0.3 is 5.32 Å².